The molecule has 4 fully saturated rings. The molecule has 3 aromatic heterocycles. The highest BCUT2D eigenvalue weighted by molar-refractivity contribution is 5.91. The van der Waals surface area contributed by atoms with Crippen LogP contribution in [0, 0.1) is 11.6 Å². The molecule has 254 valence electrons. The number of carbonyl (C=O) groups is 1. The summed E-state index contributed by atoms with van der Waals surface area (Å²) in [5, 5.41) is 0.316. The second-order valence-electron chi connectivity index (χ2n) is 14.0. The van der Waals surface area contributed by atoms with Crippen molar-refractivity contribution in [2.45, 2.75) is 56.5 Å². The zero-order chi connectivity index (χ0) is 34.1. The van der Waals surface area contributed by atoms with Crippen LogP contribution in [0.25, 0.3) is 28.0 Å². The molecule has 13 heteroatoms. The van der Waals surface area contributed by atoms with E-state index in [0.717, 1.165) is 50.2 Å². The lowest BCUT2D eigenvalue weighted by molar-refractivity contribution is -0.126. The van der Waals surface area contributed by atoms with Crippen molar-refractivity contribution < 1.29 is 13.6 Å². The maximum atomic E-state index is 16.1. The van der Waals surface area contributed by atoms with Gasteiger partial charge in [0.05, 0.1) is 22.5 Å². The molecule has 0 bridgehead atoms. The number of piperazine rings is 1. The second-order valence-corrected chi connectivity index (χ2v) is 14.0. The van der Waals surface area contributed by atoms with Crippen molar-refractivity contribution in [3.63, 3.8) is 0 Å². The predicted molar refractivity (Wildman–Crippen MR) is 183 cm³/mol. The first-order valence-corrected chi connectivity index (χ1v) is 17.0. The van der Waals surface area contributed by atoms with Crippen LogP contribution in [0.2, 0.25) is 0 Å². The topological polar surface area (TPSA) is 104 Å². The van der Waals surface area contributed by atoms with Gasteiger partial charge in [-0.3, -0.25) is 4.79 Å². The van der Waals surface area contributed by atoms with Gasteiger partial charge in [0.2, 0.25) is 11.9 Å². The Balaban J connectivity index is 1.35. The average Bonchev–Trinajstić information content (AvgIpc) is 3.98. The van der Waals surface area contributed by atoms with Crippen LogP contribution in [0.15, 0.2) is 47.8 Å². The number of likely N-dealkylation sites (N-methyl/N-ethyl adjacent to an activating group) is 1. The number of carbonyl (C=O) groups excluding carboxylic acids is 1. The van der Waals surface area contributed by atoms with Gasteiger partial charge >= 0.3 is 5.69 Å². The Morgan fingerprint density at radius 1 is 0.939 bits per heavy atom. The van der Waals surface area contributed by atoms with Crippen molar-refractivity contribution in [2.24, 2.45) is 0 Å². The maximum Gasteiger partial charge on any atom is 0.355 e. The summed E-state index contributed by atoms with van der Waals surface area (Å²) >= 11 is 0. The lowest BCUT2D eigenvalue weighted by Gasteiger charge is -2.43. The van der Waals surface area contributed by atoms with Gasteiger partial charge in [0.15, 0.2) is 5.65 Å². The number of fused-ring (bicyclic) bond motifs is 1. The largest absolute Gasteiger partial charge is 0.355 e. The molecule has 4 aliphatic rings. The van der Waals surface area contributed by atoms with Gasteiger partial charge in [0, 0.05) is 62.2 Å². The molecule has 2 saturated heterocycles. The van der Waals surface area contributed by atoms with Crippen molar-refractivity contribution in [3.8, 4) is 16.9 Å². The van der Waals surface area contributed by atoms with Crippen molar-refractivity contribution in [1.29, 1.82) is 0 Å². The van der Waals surface area contributed by atoms with Gasteiger partial charge in [-0.25, -0.2) is 33.1 Å². The van der Waals surface area contributed by atoms with E-state index >= 15 is 8.78 Å². The van der Waals surface area contributed by atoms with Crippen molar-refractivity contribution in [3.05, 3.63) is 76.5 Å². The molecule has 8 rings (SSSR count). The van der Waals surface area contributed by atoms with Crippen LogP contribution < -0.4 is 15.5 Å². The molecule has 2 aliphatic carbocycles. The van der Waals surface area contributed by atoms with E-state index in [2.05, 4.69) is 35.5 Å². The highest BCUT2D eigenvalue weighted by Gasteiger charge is 2.40. The van der Waals surface area contributed by atoms with Crippen molar-refractivity contribution >= 4 is 28.7 Å². The highest BCUT2D eigenvalue weighted by Crippen LogP contribution is 2.49. The molecule has 1 amide bonds. The quantitative estimate of drug-likeness (QED) is 0.255. The Morgan fingerprint density at radius 3 is 2.20 bits per heavy atom. The summed E-state index contributed by atoms with van der Waals surface area (Å²) in [7, 11) is 4.14. The molecule has 0 N–H and O–H groups in total. The van der Waals surface area contributed by atoms with Gasteiger partial charge < -0.3 is 19.6 Å². The molecule has 0 spiro atoms. The number of benzene rings is 1. The zero-order valence-corrected chi connectivity index (χ0v) is 27.9. The van der Waals surface area contributed by atoms with E-state index in [-0.39, 0.29) is 46.5 Å². The molecule has 5 heterocycles. The van der Waals surface area contributed by atoms with E-state index in [9.17, 15) is 9.59 Å². The summed E-state index contributed by atoms with van der Waals surface area (Å²) in [6, 6.07) is 7.38. The standard InChI is InChI=1S/C36H39F2N9O2/c1-5-28(48)44-14-15-46(20(2)17-44)33-25-16-27(38)31(24-8-6-7-9-26(24)37)39-34(25)47(36(49)42-33)32-29(21-10-11-21)40-35(41-30(32)22-12-13-22)45-18-23(19-45)43(3)4/h5-9,16,20-23H,1,10-15,17-19H2,2-4H3/t20-/m0/s1. The average molecular weight is 668 g/mol. The fourth-order valence-corrected chi connectivity index (χ4v) is 7.05. The molecule has 49 heavy (non-hydrogen) atoms. The summed E-state index contributed by atoms with van der Waals surface area (Å²) in [4.78, 5) is 54.5. The second kappa shape index (κ2) is 12.0. The van der Waals surface area contributed by atoms with E-state index in [1.165, 1.54) is 34.9 Å². The van der Waals surface area contributed by atoms with Crippen LogP contribution in [0.5, 0.6) is 0 Å². The Morgan fingerprint density at radius 2 is 1.61 bits per heavy atom. The Labute approximate surface area is 282 Å². The van der Waals surface area contributed by atoms with Crippen molar-refractivity contribution in [1.82, 2.24) is 34.3 Å². The number of pyridine rings is 1. The van der Waals surface area contributed by atoms with E-state index < -0.39 is 17.3 Å². The summed E-state index contributed by atoms with van der Waals surface area (Å²) < 4.78 is 32.7. The number of hydrogen-bond acceptors (Lipinski definition) is 9. The fourth-order valence-electron chi connectivity index (χ4n) is 7.05. The molecule has 1 atom stereocenters. The van der Waals surface area contributed by atoms with Gasteiger partial charge in [-0.05, 0) is 71.0 Å². The lowest BCUT2D eigenvalue weighted by atomic mass is 10.1. The number of anilines is 2. The molecule has 2 aliphatic heterocycles. The number of aromatic nitrogens is 5. The SMILES string of the molecule is C=CC(=O)N1CCN(c2nc(=O)n(-c3c(C4CC4)nc(N4CC(N(C)C)C4)nc3C3CC3)c3nc(-c4ccccc4F)c(F)cc23)[C@@H](C)C1. The third-order valence-electron chi connectivity index (χ3n) is 10.3. The molecular formula is C36H39F2N9O2. The number of rotatable bonds is 8. The minimum absolute atomic E-state index is 0.00570. The molecule has 4 aromatic rings. The minimum Gasteiger partial charge on any atom is -0.350 e. The Kier molecular flexibility index (Phi) is 7.69. The number of amides is 1. The summed E-state index contributed by atoms with van der Waals surface area (Å²) in [6.07, 6.45) is 5.00. The van der Waals surface area contributed by atoms with E-state index in [4.69, 9.17) is 15.0 Å². The molecular weight excluding hydrogens is 628 g/mol. The Bertz CT molecular complexity index is 2020. The third-order valence-corrected chi connectivity index (χ3v) is 10.3. The van der Waals surface area contributed by atoms with E-state index in [1.807, 2.05) is 11.8 Å². The van der Waals surface area contributed by atoms with Crippen LogP contribution in [-0.4, -0.2) is 99.1 Å². The number of nitrogens with zero attached hydrogens (tertiary/aromatic N) is 9. The summed E-state index contributed by atoms with van der Waals surface area (Å²) in [6.45, 7) is 8.28. The minimum atomic E-state index is -0.733. The van der Waals surface area contributed by atoms with E-state index in [0.29, 0.717) is 42.7 Å². The van der Waals surface area contributed by atoms with Crippen LogP contribution in [0.1, 0.15) is 55.8 Å². The van der Waals surface area contributed by atoms with Crippen LogP contribution in [0.3, 0.4) is 0 Å². The van der Waals surface area contributed by atoms with E-state index in [1.54, 1.807) is 11.0 Å². The monoisotopic (exact) mass is 667 g/mol. The normalized spacial score (nSPS) is 19.9. The maximum absolute atomic E-state index is 16.1. The summed E-state index contributed by atoms with van der Waals surface area (Å²) in [5.41, 5.74) is 1.51. The lowest BCUT2D eigenvalue weighted by Crippen LogP contribution is -2.58. The molecule has 2 saturated carbocycles. The first-order chi connectivity index (χ1) is 23.6. The number of hydrogen-bond donors (Lipinski definition) is 0. The van der Waals surface area contributed by atoms with Gasteiger partial charge in [-0.2, -0.15) is 4.98 Å². The molecule has 11 nitrogen and oxygen atoms in total. The highest BCUT2D eigenvalue weighted by atomic mass is 19.1. The van der Waals surface area contributed by atoms with Gasteiger partial charge in [0.1, 0.15) is 23.1 Å². The van der Waals surface area contributed by atoms with Gasteiger partial charge in [-0.1, -0.05) is 18.7 Å². The first kappa shape index (κ1) is 31.5. The van der Waals surface area contributed by atoms with Gasteiger partial charge in [-0.15, -0.1) is 0 Å². The predicted octanol–water partition coefficient (Wildman–Crippen LogP) is 4.24. The molecule has 0 radical (unpaired) electrons. The molecule has 0 unspecified atom stereocenters. The first-order valence-electron chi connectivity index (χ1n) is 17.0. The summed E-state index contributed by atoms with van der Waals surface area (Å²) in [5.74, 6) is -0.310. The number of halogens is 2. The van der Waals surface area contributed by atoms with Crippen molar-refractivity contribution in [2.75, 3.05) is 56.6 Å². The van der Waals surface area contributed by atoms with Crippen LogP contribution in [-0.2, 0) is 4.79 Å². The van der Waals surface area contributed by atoms with Crippen LogP contribution in [0.4, 0.5) is 20.5 Å². The van der Waals surface area contributed by atoms with Gasteiger partial charge in [0.25, 0.3) is 0 Å². The third kappa shape index (κ3) is 5.53. The Hall–Kier alpha value is -4.78. The smallest absolute Gasteiger partial charge is 0.350 e. The van der Waals surface area contributed by atoms with Crippen LogP contribution >= 0.6 is 0 Å². The molecule has 1 aromatic carbocycles. The zero-order valence-electron chi connectivity index (χ0n) is 27.9. The fraction of sp³-hybridized carbons (Fsp3) is 0.444.